The van der Waals surface area contributed by atoms with Gasteiger partial charge in [-0.2, -0.15) is 0 Å². The van der Waals surface area contributed by atoms with E-state index in [0.29, 0.717) is 0 Å². The van der Waals surface area contributed by atoms with Crippen LogP contribution in [0.25, 0.3) is 0 Å². The molecule has 0 saturated heterocycles. The van der Waals surface area contributed by atoms with Crippen LogP contribution in [0.15, 0.2) is 18.2 Å². The number of hydrogen-bond acceptors (Lipinski definition) is 2. The van der Waals surface area contributed by atoms with Crippen molar-refractivity contribution >= 4 is 5.69 Å². The van der Waals surface area contributed by atoms with E-state index in [4.69, 9.17) is 10.8 Å². The molecule has 0 aliphatic carbocycles. The van der Waals surface area contributed by atoms with Gasteiger partial charge in [-0.3, -0.25) is 0 Å². The van der Waals surface area contributed by atoms with E-state index in [-0.39, 0.29) is 6.61 Å². The van der Waals surface area contributed by atoms with Gasteiger partial charge in [-0.1, -0.05) is 12.1 Å². The maximum absolute atomic E-state index is 8.65. The lowest BCUT2D eigenvalue weighted by atomic mass is 10.0. The minimum absolute atomic E-state index is 0.270. The highest BCUT2D eigenvalue weighted by atomic mass is 16.2. The van der Waals surface area contributed by atoms with Crippen molar-refractivity contribution in [2.75, 3.05) is 12.3 Å². The number of anilines is 1. The van der Waals surface area contributed by atoms with Gasteiger partial charge in [0.25, 0.3) is 0 Å². The molecule has 0 aliphatic heterocycles. The van der Waals surface area contributed by atoms with E-state index in [1.165, 1.54) is 11.1 Å². The summed E-state index contributed by atoms with van der Waals surface area (Å²) in [5, 5.41) is 8.65. The Bertz CT molecular complexity index is 251. The van der Waals surface area contributed by atoms with Crippen molar-refractivity contribution < 1.29 is 5.11 Å². The number of unbranched alkanes of at least 4 members (excludes halogenated alkanes) is 1. The second kappa shape index (κ2) is 4.87. The number of nitrogens with two attached hydrogens (primary N) is 1. The first-order chi connectivity index (χ1) is 6.25. The minimum Gasteiger partial charge on any atom is -0.398 e. The molecule has 0 aliphatic rings. The molecule has 0 bridgehead atoms. The number of hydrogen-bond donors (Lipinski definition) is 2. The van der Waals surface area contributed by atoms with Gasteiger partial charge >= 0.3 is 0 Å². The summed E-state index contributed by atoms with van der Waals surface area (Å²) in [7, 11) is 0. The van der Waals surface area contributed by atoms with Crippen LogP contribution in [-0.4, -0.2) is 11.7 Å². The topological polar surface area (TPSA) is 46.2 Å². The molecule has 72 valence electrons. The summed E-state index contributed by atoms with van der Waals surface area (Å²) in [6.07, 6.45) is 2.83. The van der Waals surface area contributed by atoms with Crippen molar-refractivity contribution in [1.29, 1.82) is 0 Å². The molecule has 2 nitrogen and oxygen atoms in total. The Hall–Kier alpha value is -1.02. The Morgan fingerprint density at radius 1 is 1.31 bits per heavy atom. The highest BCUT2D eigenvalue weighted by Crippen LogP contribution is 2.18. The smallest absolute Gasteiger partial charge is 0.0431 e. The Morgan fingerprint density at radius 2 is 2.08 bits per heavy atom. The number of aliphatic hydroxyl groups excluding tert-OH is 1. The number of rotatable bonds is 4. The van der Waals surface area contributed by atoms with Crippen LogP contribution in [0, 0.1) is 6.92 Å². The zero-order chi connectivity index (χ0) is 9.68. The molecular formula is C11H17NO. The van der Waals surface area contributed by atoms with Crippen LogP contribution in [0.4, 0.5) is 5.69 Å². The van der Waals surface area contributed by atoms with Gasteiger partial charge in [0.05, 0.1) is 0 Å². The first-order valence-corrected chi connectivity index (χ1v) is 4.70. The van der Waals surface area contributed by atoms with Crippen molar-refractivity contribution in [1.82, 2.24) is 0 Å². The predicted octanol–water partition coefficient (Wildman–Crippen LogP) is 1.89. The lowest BCUT2D eigenvalue weighted by Gasteiger charge is -2.08. The Morgan fingerprint density at radius 3 is 2.69 bits per heavy atom. The fraction of sp³-hybridized carbons (Fsp3) is 0.455. The zero-order valence-electron chi connectivity index (χ0n) is 8.09. The molecule has 0 heterocycles. The quantitative estimate of drug-likeness (QED) is 0.547. The normalized spacial score (nSPS) is 10.3. The monoisotopic (exact) mass is 179 g/mol. The average Bonchev–Trinajstić information content (AvgIpc) is 2.10. The number of nitrogen functional groups attached to an aromatic ring is 1. The largest absolute Gasteiger partial charge is 0.398 e. The van der Waals surface area contributed by atoms with Crippen LogP contribution in [0.1, 0.15) is 24.0 Å². The van der Waals surface area contributed by atoms with Gasteiger partial charge in [0.1, 0.15) is 0 Å². The number of benzene rings is 1. The van der Waals surface area contributed by atoms with Gasteiger partial charge in [0.15, 0.2) is 0 Å². The number of aryl methyl sites for hydroxylation is 1. The minimum atomic E-state index is 0.270. The summed E-state index contributed by atoms with van der Waals surface area (Å²) in [6.45, 7) is 2.34. The Labute approximate surface area is 79.4 Å². The van der Waals surface area contributed by atoms with Gasteiger partial charge in [0.2, 0.25) is 0 Å². The van der Waals surface area contributed by atoms with E-state index in [1.807, 2.05) is 12.1 Å². The van der Waals surface area contributed by atoms with E-state index < -0.39 is 0 Å². The van der Waals surface area contributed by atoms with E-state index >= 15 is 0 Å². The van der Waals surface area contributed by atoms with Crippen LogP contribution in [0.2, 0.25) is 0 Å². The molecule has 0 saturated carbocycles. The van der Waals surface area contributed by atoms with E-state index in [1.54, 1.807) is 0 Å². The summed E-state index contributed by atoms with van der Waals surface area (Å²) in [6, 6.07) is 5.98. The standard InChI is InChI=1S/C11H17NO/c1-9-5-4-7-11(12)10(9)6-2-3-8-13/h4-5,7,13H,2-3,6,8,12H2,1H3. The van der Waals surface area contributed by atoms with Gasteiger partial charge < -0.3 is 10.8 Å². The molecule has 13 heavy (non-hydrogen) atoms. The van der Waals surface area contributed by atoms with Crippen LogP contribution in [0.5, 0.6) is 0 Å². The van der Waals surface area contributed by atoms with E-state index in [9.17, 15) is 0 Å². The molecule has 0 amide bonds. The highest BCUT2D eigenvalue weighted by molar-refractivity contribution is 5.50. The predicted molar refractivity (Wildman–Crippen MR) is 55.6 cm³/mol. The lowest BCUT2D eigenvalue weighted by molar-refractivity contribution is 0.284. The van der Waals surface area contributed by atoms with Crippen LogP contribution in [0.3, 0.4) is 0 Å². The van der Waals surface area contributed by atoms with Gasteiger partial charge in [0, 0.05) is 12.3 Å². The Kier molecular flexibility index (Phi) is 3.77. The van der Waals surface area contributed by atoms with Crippen molar-refractivity contribution in [3.63, 3.8) is 0 Å². The first-order valence-electron chi connectivity index (χ1n) is 4.70. The molecule has 0 aromatic heterocycles. The van der Waals surface area contributed by atoms with Crippen molar-refractivity contribution in [2.45, 2.75) is 26.2 Å². The third-order valence-electron chi connectivity index (χ3n) is 2.28. The zero-order valence-corrected chi connectivity index (χ0v) is 8.09. The Balaban J connectivity index is 2.64. The highest BCUT2D eigenvalue weighted by Gasteiger charge is 2.01. The summed E-state index contributed by atoms with van der Waals surface area (Å²) < 4.78 is 0. The molecule has 1 rings (SSSR count). The maximum Gasteiger partial charge on any atom is 0.0431 e. The summed E-state index contributed by atoms with van der Waals surface area (Å²) >= 11 is 0. The first kappa shape index (κ1) is 10.1. The molecule has 0 unspecified atom stereocenters. The van der Waals surface area contributed by atoms with E-state index in [2.05, 4.69) is 13.0 Å². The molecule has 3 N–H and O–H groups in total. The third-order valence-corrected chi connectivity index (χ3v) is 2.28. The third kappa shape index (κ3) is 2.74. The van der Waals surface area contributed by atoms with Crippen molar-refractivity contribution in [3.05, 3.63) is 29.3 Å². The van der Waals surface area contributed by atoms with E-state index in [0.717, 1.165) is 24.9 Å². The number of aliphatic hydroxyl groups is 1. The van der Waals surface area contributed by atoms with Crippen LogP contribution >= 0.6 is 0 Å². The molecule has 0 spiro atoms. The fourth-order valence-electron chi connectivity index (χ4n) is 1.48. The average molecular weight is 179 g/mol. The summed E-state index contributed by atoms with van der Waals surface area (Å²) in [4.78, 5) is 0. The van der Waals surface area contributed by atoms with Gasteiger partial charge in [-0.15, -0.1) is 0 Å². The molecule has 0 fully saturated rings. The van der Waals surface area contributed by atoms with Crippen molar-refractivity contribution in [3.8, 4) is 0 Å². The second-order valence-electron chi connectivity index (χ2n) is 3.32. The second-order valence-corrected chi connectivity index (χ2v) is 3.32. The molecule has 0 atom stereocenters. The molecular weight excluding hydrogens is 162 g/mol. The molecule has 1 aromatic carbocycles. The summed E-state index contributed by atoms with van der Waals surface area (Å²) in [5.41, 5.74) is 9.19. The maximum atomic E-state index is 8.65. The fourth-order valence-corrected chi connectivity index (χ4v) is 1.48. The van der Waals surface area contributed by atoms with Crippen LogP contribution < -0.4 is 5.73 Å². The van der Waals surface area contributed by atoms with Crippen molar-refractivity contribution in [2.24, 2.45) is 0 Å². The van der Waals surface area contributed by atoms with Gasteiger partial charge in [-0.05, 0) is 43.4 Å². The molecule has 0 radical (unpaired) electrons. The lowest BCUT2D eigenvalue weighted by Crippen LogP contribution is -1.98. The van der Waals surface area contributed by atoms with Gasteiger partial charge in [-0.25, -0.2) is 0 Å². The molecule has 2 heteroatoms. The molecule has 1 aromatic rings. The summed E-state index contributed by atoms with van der Waals surface area (Å²) in [5.74, 6) is 0. The SMILES string of the molecule is Cc1cccc(N)c1CCCCO. The van der Waals surface area contributed by atoms with Crippen LogP contribution in [-0.2, 0) is 6.42 Å².